The van der Waals surface area contributed by atoms with E-state index in [-0.39, 0.29) is 0 Å². The Bertz CT molecular complexity index is 589. The van der Waals surface area contributed by atoms with Crippen molar-refractivity contribution in [2.24, 2.45) is 0 Å². The van der Waals surface area contributed by atoms with Gasteiger partial charge in [-0.25, -0.2) is 4.98 Å². The first-order valence-corrected chi connectivity index (χ1v) is 11.6. The van der Waals surface area contributed by atoms with Crippen LogP contribution in [-0.4, -0.2) is 24.2 Å². The van der Waals surface area contributed by atoms with E-state index in [9.17, 15) is 0 Å². The van der Waals surface area contributed by atoms with E-state index in [0.29, 0.717) is 6.73 Å². The number of hydrogen-bond donors (Lipinski definition) is 0. The normalized spacial score (nSPS) is 12.2. The molecule has 0 spiro atoms. The van der Waals surface area contributed by atoms with E-state index in [2.05, 4.69) is 64.3 Å². The Kier molecular flexibility index (Phi) is 5.04. The van der Waals surface area contributed by atoms with Crippen molar-refractivity contribution in [2.75, 3.05) is 6.61 Å². The SMILES string of the molecule is CCc1c(Br)cnc2c1ccn2COCC[Si](C)(C)C. The summed E-state index contributed by atoms with van der Waals surface area (Å²) in [6, 6.07) is 3.33. The fraction of sp³-hybridized carbons (Fsp3) is 0.533. The van der Waals surface area contributed by atoms with Gasteiger partial charge in [0.05, 0.1) is 0 Å². The summed E-state index contributed by atoms with van der Waals surface area (Å²) in [5.74, 6) is 0. The number of aryl methyl sites for hydroxylation is 1. The summed E-state index contributed by atoms with van der Waals surface area (Å²) < 4.78 is 8.99. The third-order valence-corrected chi connectivity index (χ3v) is 5.82. The molecule has 0 aliphatic rings. The van der Waals surface area contributed by atoms with Crippen LogP contribution in [0.1, 0.15) is 12.5 Å². The second-order valence-corrected chi connectivity index (χ2v) is 12.8. The van der Waals surface area contributed by atoms with Gasteiger partial charge < -0.3 is 9.30 Å². The highest BCUT2D eigenvalue weighted by Crippen LogP contribution is 2.26. The zero-order chi connectivity index (χ0) is 14.8. The van der Waals surface area contributed by atoms with Gasteiger partial charge in [0.15, 0.2) is 0 Å². The zero-order valence-electron chi connectivity index (χ0n) is 12.7. The number of aromatic nitrogens is 2. The Morgan fingerprint density at radius 3 is 2.75 bits per heavy atom. The van der Waals surface area contributed by atoms with Crippen LogP contribution in [0.15, 0.2) is 22.9 Å². The molecular weight excluding hydrogens is 332 g/mol. The van der Waals surface area contributed by atoms with Gasteiger partial charge in [0.1, 0.15) is 12.4 Å². The average molecular weight is 355 g/mol. The molecule has 0 N–H and O–H groups in total. The van der Waals surface area contributed by atoms with Gasteiger partial charge in [-0.2, -0.15) is 0 Å². The first-order chi connectivity index (χ1) is 9.42. The summed E-state index contributed by atoms with van der Waals surface area (Å²) in [6.07, 6.45) is 4.96. The van der Waals surface area contributed by atoms with E-state index in [4.69, 9.17) is 4.74 Å². The van der Waals surface area contributed by atoms with Gasteiger partial charge in [-0.05, 0) is 40.0 Å². The highest BCUT2D eigenvalue weighted by Gasteiger charge is 2.13. The molecule has 0 unspecified atom stereocenters. The minimum Gasteiger partial charge on any atom is -0.361 e. The maximum absolute atomic E-state index is 5.81. The molecule has 0 saturated carbocycles. The van der Waals surface area contributed by atoms with Gasteiger partial charge in [0.2, 0.25) is 0 Å². The van der Waals surface area contributed by atoms with Crippen LogP contribution in [0.3, 0.4) is 0 Å². The fourth-order valence-corrected chi connectivity index (χ4v) is 3.53. The molecule has 0 atom stereocenters. The van der Waals surface area contributed by atoms with Crippen molar-refractivity contribution in [3.63, 3.8) is 0 Å². The quantitative estimate of drug-likeness (QED) is 0.556. The second-order valence-electron chi connectivity index (χ2n) is 6.31. The summed E-state index contributed by atoms with van der Waals surface area (Å²) in [7, 11) is -1.01. The molecule has 0 aliphatic carbocycles. The number of hydrogen-bond acceptors (Lipinski definition) is 2. The molecule has 0 radical (unpaired) electrons. The van der Waals surface area contributed by atoms with Crippen molar-refractivity contribution in [1.29, 1.82) is 0 Å². The van der Waals surface area contributed by atoms with E-state index in [1.54, 1.807) is 0 Å². The van der Waals surface area contributed by atoms with Crippen LogP contribution in [0.2, 0.25) is 25.7 Å². The molecule has 2 aromatic rings. The van der Waals surface area contributed by atoms with Crippen molar-refractivity contribution in [3.8, 4) is 0 Å². The fourth-order valence-electron chi connectivity index (χ4n) is 2.17. The largest absolute Gasteiger partial charge is 0.361 e. The Morgan fingerprint density at radius 1 is 1.35 bits per heavy atom. The predicted octanol–water partition coefficient (Wildman–Crippen LogP) is 4.67. The summed E-state index contributed by atoms with van der Waals surface area (Å²) in [5.41, 5.74) is 2.33. The Labute approximate surface area is 130 Å². The molecule has 2 aromatic heterocycles. The van der Waals surface area contributed by atoms with E-state index in [1.807, 2.05) is 6.20 Å². The third kappa shape index (κ3) is 3.71. The molecule has 5 heteroatoms. The van der Waals surface area contributed by atoms with Gasteiger partial charge in [0.25, 0.3) is 0 Å². The van der Waals surface area contributed by atoms with Crippen LogP contribution < -0.4 is 0 Å². The van der Waals surface area contributed by atoms with Crippen molar-refractivity contribution in [1.82, 2.24) is 9.55 Å². The highest BCUT2D eigenvalue weighted by molar-refractivity contribution is 9.10. The van der Waals surface area contributed by atoms with Crippen LogP contribution in [0.25, 0.3) is 11.0 Å². The van der Waals surface area contributed by atoms with Gasteiger partial charge in [-0.15, -0.1) is 0 Å². The zero-order valence-corrected chi connectivity index (χ0v) is 15.3. The van der Waals surface area contributed by atoms with Crippen LogP contribution in [0.4, 0.5) is 0 Å². The third-order valence-electron chi connectivity index (χ3n) is 3.43. The summed E-state index contributed by atoms with van der Waals surface area (Å²) in [5, 5.41) is 1.22. The topological polar surface area (TPSA) is 27.1 Å². The van der Waals surface area contributed by atoms with Crippen LogP contribution in [0, 0.1) is 0 Å². The lowest BCUT2D eigenvalue weighted by Gasteiger charge is -2.15. The molecule has 0 aliphatic heterocycles. The summed E-state index contributed by atoms with van der Waals surface area (Å²) >= 11 is 3.57. The minimum absolute atomic E-state index is 0.589. The molecule has 3 nitrogen and oxygen atoms in total. The molecule has 0 saturated heterocycles. The molecule has 0 amide bonds. The minimum atomic E-state index is -1.01. The van der Waals surface area contributed by atoms with Gasteiger partial charge in [-0.3, -0.25) is 0 Å². The molecular formula is C15H23BrN2OSi. The maximum Gasteiger partial charge on any atom is 0.142 e. The lowest BCUT2D eigenvalue weighted by molar-refractivity contribution is 0.0899. The van der Waals surface area contributed by atoms with Crippen molar-refractivity contribution in [3.05, 3.63) is 28.5 Å². The number of rotatable bonds is 6. The monoisotopic (exact) mass is 354 g/mol. The van der Waals surface area contributed by atoms with E-state index in [1.165, 1.54) is 17.0 Å². The van der Waals surface area contributed by atoms with E-state index < -0.39 is 8.07 Å². The Morgan fingerprint density at radius 2 is 2.10 bits per heavy atom. The summed E-state index contributed by atoms with van der Waals surface area (Å²) in [4.78, 5) is 4.52. The summed E-state index contributed by atoms with van der Waals surface area (Å²) in [6.45, 7) is 10.7. The lowest BCUT2D eigenvalue weighted by atomic mass is 10.1. The maximum atomic E-state index is 5.81. The number of fused-ring (bicyclic) bond motifs is 1. The predicted molar refractivity (Wildman–Crippen MR) is 90.9 cm³/mol. The van der Waals surface area contributed by atoms with Crippen LogP contribution >= 0.6 is 15.9 Å². The number of halogens is 1. The van der Waals surface area contributed by atoms with Crippen molar-refractivity contribution in [2.45, 2.75) is 45.8 Å². The number of nitrogens with zero attached hydrogens (tertiary/aromatic N) is 2. The molecule has 0 fully saturated rings. The van der Waals surface area contributed by atoms with Crippen LogP contribution in [0.5, 0.6) is 0 Å². The van der Waals surface area contributed by atoms with Gasteiger partial charge in [0, 0.05) is 36.9 Å². The van der Waals surface area contributed by atoms with E-state index >= 15 is 0 Å². The first kappa shape index (κ1) is 15.7. The number of pyridine rings is 1. The molecule has 0 bridgehead atoms. The smallest absolute Gasteiger partial charge is 0.142 e. The Hall–Kier alpha value is -0.653. The number of ether oxygens (including phenoxy) is 1. The van der Waals surface area contributed by atoms with Crippen molar-refractivity contribution < 1.29 is 4.74 Å². The first-order valence-electron chi connectivity index (χ1n) is 7.12. The van der Waals surface area contributed by atoms with E-state index in [0.717, 1.165) is 23.1 Å². The Balaban J connectivity index is 2.08. The molecule has 110 valence electrons. The molecule has 20 heavy (non-hydrogen) atoms. The van der Waals surface area contributed by atoms with Gasteiger partial charge >= 0.3 is 0 Å². The van der Waals surface area contributed by atoms with Gasteiger partial charge in [-0.1, -0.05) is 26.6 Å². The molecule has 2 rings (SSSR count). The van der Waals surface area contributed by atoms with Crippen molar-refractivity contribution >= 4 is 35.0 Å². The highest BCUT2D eigenvalue weighted by atomic mass is 79.9. The second kappa shape index (κ2) is 6.41. The standard InChI is InChI=1S/C15H23BrN2OSi/c1-5-12-13-6-7-18(15(13)17-10-14(12)16)11-19-8-9-20(2,3)4/h6-7,10H,5,8-9,11H2,1-4H3. The lowest BCUT2D eigenvalue weighted by Crippen LogP contribution is -2.22. The molecule has 2 heterocycles. The van der Waals surface area contributed by atoms with Crippen LogP contribution in [-0.2, 0) is 17.9 Å². The molecule has 0 aromatic carbocycles. The average Bonchev–Trinajstić information content (AvgIpc) is 2.76.